The Morgan fingerprint density at radius 2 is 1.46 bits per heavy atom. The molecular weight excluding hydrogens is 302 g/mol. The van der Waals surface area contributed by atoms with Gasteiger partial charge in [0.2, 0.25) is 5.91 Å². The molecule has 0 aromatic heterocycles. The molecule has 0 saturated carbocycles. The van der Waals surface area contributed by atoms with Crippen LogP contribution in [0.1, 0.15) is 0 Å². The predicted octanol–water partition coefficient (Wildman–Crippen LogP) is 4.07. The smallest absolute Gasteiger partial charge is 0.328 e. The Labute approximate surface area is 138 Å². The van der Waals surface area contributed by atoms with Gasteiger partial charge in [-0.25, -0.2) is 4.79 Å². The van der Waals surface area contributed by atoms with Crippen molar-refractivity contribution in [3.05, 3.63) is 66.7 Å². The van der Waals surface area contributed by atoms with Crippen molar-refractivity contribution in [2.75, 3.05) is 5.32 Å². The van der Waals surface area contributed by atoms with Crippen LogP contribution < -0.4 is 5.32 Å². The molecule has 4 nitrogen and oxygen atoms in total. The molecule has 1 amide bonds. The molecule has 0 heterocycles. The zero-order valence-corrected chi connectivity index (χ0v) is 12.6. The van der Waals surface area contributed by atoms with Gasteiger partial charge in [-0.2, -0.15) is 0 Å². The summed E-state index contributed by atoms with van der Waals surface area (Å²) < 4.78 is 0. The molecule has 0 spiro atoms. The number of amides is 1. The Morgan fingerprint density at radius 1 is 0.792 bits per heavy atom. The molecule has 3 aromatic rings. The van der Waals surface area contributed by atoms with Crippen LogP contribution in [0.2, 0.25) is 0 Å². The van der Waals surface area contributed by atoms with Crippen LogP contribution in [0.4, 0.5) is 5.69 Å². The van der Waals surface area contributed by atoms with Gasteiger partial charge in [-0.05, 0) is 33.7 Å². The van der Waals surface area contributed by atoms with Gasteiger partial charge in [-0.3, -0.25) is 4.79 Å². The van der Waals surface area contributed by atoms with Crippen molar-refractivity contribution in [2.45, 2.75) is 0 Å². The molecule has 0 fully saturated rings. The van der Waals surface area contributed by atoms with Crippen molar-refractivity contribution in [3.8, 4) is 22.3 Å². The van der Waals surface area contributed by atoms with Crippen molar-refractivity contribution in [2.24, 2.45) is 0 Å². The van der Waals surface area contributed by atoms with Crippen molar-refractivity contribution < 1.29 is 14.7 Å². The number of benzene rings is 3. The molecule has 116 valence electrons. The molecule has 24 heavy (non-hydrogen) atoms. The topological polar surface area (TPSA) is 66.4 Å². The molecule has 0 aliphatic heterocycles. The van der Waals surface area contributed by atoms with E-state index in [4.69, 9.17) is 5.11 Å². The maximum atomic E-state index is 11.9. The highest BCUT2D eigenvalue weighted by Crippen LogP contribution is 2.48. The van der Waals surface area contributed by atoms with Crippen molar-refractivity contribution in [3.63, 3.8) is 0 Å². The van der Waals surface area contributed by atoms with Crippen LogP contribution in [-0.2, 0) is 9.59 Å². The molecule has 1 aliphatic rings. The first kappa shape index (κ1) is 14.2. The van der Waals surface area contributed by atoms with E-state index in [1.54, 1.807) is 0 Å². The fourth-order valence-electron chi connectivity index (χ4n) is 3.24. The minimum Gasteiger partial charge on any atom is -0.478 e. The second kappa shape index (κ2) is 5.35. The van der Waals surface area contributed by atoms with Gasteiger partial charge in [0.05, 0.1) is 0 Å². The number of carbonyl (C=O) groups is 2. The van der Waals surface area contributed by atoms with E-state index in [9.17, 15) is 9.59 Å². The van der Waals surface area contributed by atoms with Crippen LogP contribution in [0, 0.1) is 0 Å². The van der Waals surface area contributed by atoms with Gasteiger partial charge in [0.15, 0.2) is 0 Å². The number of anilines is 1. The van der Waals surface area contributed by atoms with Gasteiger partial charge in [0, 0.05) is 23.2 Å². The van der Waals surface area contributed by atoms with Crippen LogP contribution in [0.25, 0.3) is 33.0 Å². The van der Waals surface area contributed by atoms with E-state index < -0.39 is 11.9 Å². The highest BCUT2D eigenvalue weighted by atomic mass is 16.4. The molecule has 4 rings (SSSR count). The number of carbonyl (C=O) groups excluding carboxylic acids is 1. The first-order chi connectivity index (χ1) is 11.6. The van der Waals surface area contributed by atoms with E-state index >= 15 is 0 Å². The van der Waals surface area contributed by atoms with E-state index in [0.717, 1.165) is 34.1 Å². The maximum Gasteiger partial charge on any atom is 0.328 e. The van der Waals surface area contributed by atoms with E-state index in [1.165, 1.54) is 11.1 Å². The SMILES string of the molecule is O=C(O)/C=C\C(=O)Nc1ccc2c3c(cccc13)-c1ccccc1-2. The zero-order chi connectivity index (χ0) is 16.7. The van der Waals surface area contributed by atoms with Crippen LogP contribution in [0.15, 0.2) is 66.7 Å². The number of carboxylic acids is 1. The minimum absolute atomic E-state index is 0.464. The zero-order valence-electron chi connectivity index (χ0n) is 12.6. The molecular formula is C20H13NO3. The Hall–Kier alpha value is -3.40. The number of nitrogens with one attached hydrogen (secondary N) is 1. The highest BCUT2D eigenvalue weighted by molar-refractivity contribution is 6.19. The van der Waals surface area contributed by atoms with Gasteiger partial charge in [0.1, 0.15) is 0 Å². The van der Waals surface area contributed by atoms with Crippen LogP contribution in [0.5, 0.6) is 0 Å². The Balaban J connectivity index is 1.83. The summed E-state index contributed by atoms with van der Waals surface area (Å²) >= 11 is 0. The quantitative estimate of drug-likeness (QED) is 0.560. The average molecular weight is 315 g/mol. The van der Waals surface area contributed by atoms with Crippen LogP contribution in [-0.4, -0.2) is 17.0 Å². The molecule has 0 radical (unpaired) electrons. The first-order valence-corrected chi connectivity index (χ1v) is 7.52. The molecule has 3 aromatic carbocycles. The normalized spacial score (nSPS) is 11.7. The number of fused-ring (bicyclic) bond motifs is 3. The first-order valence-electron chi connectivity index (χ1n) is 7.52. The summed E-state index contributed by atoms with van der Waals surface area (Å²) in [5, 5.41) is 13.4. The fraction of sp³-hybridized carbons (Fsp3) is 0. The highest BCUT2D eigenvalue weighted by Gasteiger charge is 2.21. The summed E-state index contributed by atoms with van der Waals surface area (Å²) in [6, 6.07) is 18.1. The van der Waals surface area contributed by atoms with Crippen molar-refractivity contribution in [1.82, 2.24) is 0 Å². The molecule has 1 aliphatic carbocycles. The largest absolute Gasteiger partial charge is 0.478 e. The summed E-state index contributed by atoms with van der Waals surface area (Å²) in [5.74, 6) is -1.62. The monoisotopic (exact) mass is 315 g/mol. The summed E-state index contributed by atoms with van der Waals surface area (Å²) in [6.45, 7) is 0. The molecule has 0 bridgehead atoms. The summed E-state index contributed by atoms with van der Waals surface area (Å²) in [4.78, 5) is 22.4. The minimum atomic E-state index is -1.15. The molecule has 0 unspecified atom stereocenters. The number of hydrogen-bond donors (Lipinski definition) is 2. The summed E-state index contributed by atoms with van der Waals surface area (Å²) in [5.41, 5.74) is 5.34. The lowest BCUT2D eigenvalue weighted by molar-refractivity contribution is -0.131. The van der Waals surface area contributed by atoms with Crippen molar-refractivity contribution in [1.29, 1.82) is 0 Å². The lowest BCUT2D eigenvalue weighted by atomic mass is 10.0. The standard InChI is InChI=1S/C20H13NO3/c22-18(10-11-19(23)24)21-17-9-8-15-13-5-2-1-4-12(13)14-6-3-7-16(17)20(14)15/h1-11H,(H,21,22)(H,23,24)/b11-10-. The third kappa shape index (κ3) is 2.16. The molecule has 0 atom stereocenters. The van der Waals surface area contributed by atoms with Gasteiger partial charge in [-0.1, -0.05) is 48.5 Å². The number of hydrogen-bond acceptors (Lipinski definition) is 2. The van der Waals surface area contributed by atoms with Crippen LogP contribution >= 0.6 is 0 Å². The Bertz CT molecular complexity index is 1000. The lowest BCUT2D eigenvalue weighted by Crippen LogP contribution is -2.09. The third-order valence-electron chi connectivity index (χ3n) is 4.18. The lowest BCUT2D eigenvalue weighted by Gasteiger charge is -2.09. The number of rotatable bonds is 3. The predicted molar refractivity (Wildman–Crippen MR) is 93.8 cm³/mol. The molecule has 4 heteroatoms. The van der Waals surface area contributed by atoms with Crippen LogP contribution in [0.3, 0.4) is 0 Å². The average Bonchev–Trinajstić information content (AvgIpc) is 2.91. The van der Waals surface area contributed by atoms with Gasteiger partial charge in [0.25, 0.3) is 0 Å². The van der Waals surface area contributed by atoms with Gasteiger partial charge in [-0.15, -0.1) is 0 Å². The van der Waals surface area contributed by atoms with Gasteiger partial charge >= 0.3 is 5.97 Å². The Morgan fingerprint density at radius 3 is 2.17 bits per heavy atom. The van der Waals surface area contributed by atoms with Crippen molar-refractivity contribution >= 4 is 28.3 Å². The number of aliphatic carboxylic acids is 1. The van der Waals surface area contributed by atoms with E-state index in [2.05, 4.69) is 23.5 Å². The van der Waals surface area contributed by atoms with E-state index in [-0.39, 0.29) is 0 Å². The molecule has 0 saturated heterocycles. The molecule has 2 N–H and O–H groups in total. The second-order valence-electron chi connectivity index (χ2n) is 5.60. The van der Waals surface area contributed by atoms with E-state index in [0.29, 0.717) is 5.69 Å². The Kier molecular flexibility index (Phi) is 3.17. The summed E-state index contributed by atoms with van der Waals surface area (Å²) in [7, 11) is 0. The summed E-state index contributed by atoms with van der Waals surface area (Å²) in [6.07, 6.45) is 1.84. The number of carboxylic acid groups (broad SMARTS) is 1. The second-order valence-corrected chi connectivity index (χ2v) is 5.60. The third-order valence-corrected chi connectivity index (χ3v) is 4.18. The van der Waals surface area contributed by atoms with Gasteiger partial charge < -0.3 is 10.4 Å². The van der Waals surface area contributed by atoms with E-state index in [1.807, 2.05) is 36.4 Å². The maximum absolute atomic E-state index is 11.9. The fourth-order valence-corrected chi connectivity index (χ4v) is 3.24.